The second-order valence-corrected chi connectivity index (χ2v) is 5.30. The molecule has 0 bridgehead atoms. The van der Waals surface area contributed by atoms with E-state index in [9.17, 15) is 0 Å². The average Bonchev–Trinajstić information content (AvgIpc) is 2.88. The van der Waals surface area contributed by atoms with Crippen molar-refractivity contribution < 1.29 is 0 Å². The van der Waals surface area contributed by atoms with E-state index in [1.807, 2.05) is 0 Å². The van der Waals surface area contributed by atoms with Gasteiger partial charge < -0.3 is 4.90 Å². The van der Waals surface area contributed by atoms with Gasteiger partial charge in [0.2, 0.25) is 0 Å². The molecule has 2 nitrogen and oxygen atoms in total. The molecular formula is C13H26N2. The van der Waals surface area contributed by atoms with E-state index in [1.165, 1.54) is 58.3 Å². The molecule has 1 unspecified atom stereocenters. The van der Waals surface area contributed by atoms with E-state index in [2.05, 4.69) is 23.6 Å². The van der Waals surface area contributed by atoms with Crippen LogP contribution in [0.3, 0.4) is 0 Å². The highest BCUT2D eigenvalue weighted by Gasteiger charge is 2.29. The summed E-state index contributed by atoms with van der Waals surface area (Å²) in [5, 5.41) is 0. The zero-order chi connectivity index (χ0) is 10.7. The van der Waals surface area contributed by atoms with Crippen LogP contribution in [0.1, 0.15) is 46.0 Å². The fraction of sp³-hybridized carbons (Fsp3) is 1.00. The molecule has 0 N–H and O–H groups in total. The summed E-state index contributed by atoms with van der Waals surface area (Å²) in [5.41, 5.74) is 0. The Labute approximate surface area is 94.6 Å². The minimum atomic E-state index is 0.792. The smallest absolute Gasteiger partial charge is 0.0226 e. The highest BCUT2D eigenvalue weighted by molar-refractivity contribution is 4.85. The first-order valence-corrected chi connectivity index (χ1v) is 6.79. The minimum absolute atomic E-state index is 0.792. The van der Waals surface area contributed by atoms with E-state index >= 15 is 0 Å². The molecule has 0 spiro atoms. The molecule has 2 saturated heterocycles. The fourth-order valence-corrected chi connectivity index (χ4v) is 3.13. The molecule has 2 rings (SSSR count). The van der Waals surface area contributed by atoms with Crippen LogP contribution in [-0.2, 0) is 0 Å². The Bertz CT molecular complexity index is 187. The maximum absolute atomic E-state index is 2.75. The Hall–Kier alpha value is -0.0800. The summed E-state index contributed by atoms with van der Waals surface area (Å²) in [6.45, 7) is 10.1. The van der Waals surface area contributed by atoms with Gasteiger partial charge in [-0.1, -0.05) is 6.92 Å². The molecular weight excluding hydrogens is 184 g/mol. The SMILES string of the molecule is CCC(C)N1CCC[C@@H]1CN1CCCC1. The van der Waals surface area contributed by atoms with Gasteiger partial charge in [-0.05, 0) is 58.7 Å². The summed E-state index contributed by atoms with van der Waals surface area (Å²) in [7, 11) is 0. The lowest BCUT2D eigenvalue weighted by Crippen LogP contribution is -2.43. The third-order valence-electron chi connectivity index (χ3n) is 4.25. The van der Waals surface area contributed by atoms with Crippen LogP contribution in [-0.4, -0.2) is 48.1 Å². The lowest BCUT2D eigenvalue weighted by molar-refractivity contribution is 0.148. The molecule has 0 aromatic rings. The number of hydrogen-bond donors (Lipinski definition) is 0. The van der Waals surface area contributed by atoms with Crippen molar-refractivity contribution >= 4 is 0 Å². The first-order valence-electron chi connectivity index (χ1n) is 6.79. The largest absolute Gasteiger partial charge is 0.302 e. The van der Waals surface area contributed by atoms with Gasteiger partial charge in [-0.3, -0.25) is 4.90 Å². The fourth-order valence-electron chi connectivity index (χ4n) is 3.13. The number of hydrogen-bond acceptors (Lipinski definition) is 2. The van der Waals surface area contributed by atoms with Gasteiger partial charge in [0.05, 0.1) is 0 Å². The first kappa shape index (κ1) is 11.4. The van der Waals surface area contributed by atoms with E-state index in [-0.39, 0.29) is 0 Å². The van der Waals surface area contributed by atoms with Crippen LogP contribution in [0.4, 0.5) is 0 Å². The molecule has 0 aromatic carbocycles. The monoisotopic (exact) mass is 210 g/mol. The standard InChI is InChI=1S/C13H26N2/c1-3-12(2)15-10-6-7-13(15)11-14-8-4-5-9-14/h12-13H,3-11H2,1-2H3/t12?,13-/m1/s1. The Morgan fingerprint density at radius 3 is 2.53 bits per heavy atom. The summed E-state index contributed by atoms with van der Waals surface area (Å²) in [6.07, 6.45) is 7.01. The van der Waals surface area contributed by atoms with E-state index in [0.717, 1.165) is 12.1 Å². The summed E-state index contributed by atoms with van der Waals surface area (Å²) in [6, 6.07) is 1.65. The molecule has 2 aliphatic heterocycles. The molecule has 2 fully saturated rings. The lowest BCUT2D eigenvalue weighted by Gasteiger charge is -2.32. The van der Waals surface area contributed by atoms with Gasteiger partial charge in [0.25, 0.3) is 0 Å². The maximum Gasteiger partial charge on any atom is 0.0226 e. The van der Waals surface area contributed by atoms with E-state index in [0.29, 0.717) is 0 Å². The van der Waals surface area contributed by atoms with Crippen LogP contribution < -0.4 is 0 Å². The van der Waals surface area contributed by atoms with E-state index in [1.54, 1.807) is 0 Å². The van der Waals surface area contributed by atoms with Crippen LogP contribution in [0.2, 0.25) is 0 Å². The average molecular weight is 210 g/mol. The number of likely N-dealkylation sites (tertiary alicyclic amines) is 2. The van der Waals surface area contributed by atoms with Crippen molar-refractivity contribution in [1.29, 1.82) is 0 Å². The highest BCUT2D eigenvalue weighted by atomic mass is 15.3. The van der Waals surface area contributed by atoms with Gasteiger partial charge >= 0.3 is 0 Å². The molecule has 0 aliphatic carbocycles. The molecule has 0 amide bonds. The zero-order valence-corrected chi connectivity index (χ0v) is 10.4. The Balaban J connectivity index is 1.84. The van der Waals surface area contributed by atoms with E-state index in [4.69, 9.17) is 0 Å². The second kappa shape index (κ2) is 5.31. The van der Waals surface area contributed by atoms with Crippen molar-refractivity contribution in [3.63, 3.8) is 0 Å². The van der Waals surface area contributed by atoms with Crippen molar-refractivity contribution in [2.45, 2.75) is 58.0 Å². The number of rotatable bonds is 4. The quantitative estimate of drug-likeness (QED) is 0.703. The normalized spacial score (nSPS) is 31.2. The minimum Gasteiger partial charge on any atom is -0.302 e. The van der Waals surface area contributed by atoms with Crippen molar-refractivity contribution in [2.24, 2.45) is 0 Å². The third kappa shape index (κ3) is 2.73. The number of nitrogens with zero attached hydrogens (tertiary/aromatic N) is 2. The summed E-state index contributed by atoms with van der Waals surface area (Å²) in [5.74, 6) is 0. The van der Waals surface area contributed by atoms with Gasteiger partial charge in [-0.15, -0.1) is 0 Å². The molecule has 0 saturated carbocycles. The molecule has 2 heteroatoms. The topological polar surface area (TPSA) is 6.48 Å². The van der Waals surface area contributed by atoms with Gasteiger partial charge in [-0.2, -0.15) is 0 Å². The van der Waals surface area contributed by atoms with E-state index < -0.39 is 0 Å². The predicted octanol–water partition coefficient (Wildman–Crippen LogP) is 2.35. The lowest BCUT2D eigenvalue weighted by atomic mass is 10.1. The maximum atomic E-state index is 2.75. The third-order valence-corrected chi connectivity index (χ3v) is 4.25. The molecule has 2 atom stereocenters. The summed E-state index contributed by atoms with van der Waals surface area (Å²) in [4.78, 5) is 5.42. The van der Waals surface area contributed by atoms with Crippen LogP contribution in [0, 0.1) is 0 Å². The molecule has 0 radical (unpaired) electrons. The van der Waals surface area contributed by atoms with Gasteiger partial charge in [-0.25, -0.2) is 0 Å². The van der Waals surface area contributed by atoms with Crippen molar-refractivity contribution in [3.05, 3.63) is 0 Å². The van der Waals surface area contributed by atoms with Crippen LogP contribution in [0.5, 0.6) is 0 Å². The van der Waals surface area contributed by atoms with Gasteiger partial charge in [0.1, 0.15) is 0 Å². The van der Waals surface area contributed by atoms with Crippen LogP contribution in [0.15, 0.2) is 0 Å². The van der Waals surface area contributed by atoms with Crippen LogP contribution >= 0.6 is 0 Å². The predicted molar refractivity (Wildman–Crippen MR) is 65.2 cm³/mol. The molecule has 15 heavy (non-hydrogen) atoms. The Morgan fingerprint density at radius 2 is 1.87 bits per heavy atom. The van der Waals surface area contributed by atoms with Crippen LogP contribution in [0.25, 0.3) is 0 Å². The summed E-state index contributed by atoms with van der Waals surface area (Å²) >= 11 is 0. The second-order valence-electron chi connectivity index (χ2n) is 5.30. The Morgan fingerprint density at radius 1 is 1.13 bits per heavy atom. The van der Waals surface area contributed by atoms with Gasteiger partial charge in [0, 0.05) is 18.6 Å². The van der Waals surface area contributed by atoms with Crippen molar-refractivity contribution in [2.75, 3.05) is 26.2 Å². The highest BCUT2D eigenvalue weighted by Crippen LogP contribution is 2.23. The van der Waals surface area contributed by atoms with Gasteiger partial charge in [0.15, 0.2) is 0 Å². The summed E-state index contributed by atoms with van der Waals surface area (Å²) < 4.78 is 0. The Kier molecular flexibility index (Phi) is 4.04. The van der Waals surface area contributed by atoms with Crippen molar-refractivity contribution in [3.8, 4) is 0 Å². The zero-order valence-electron chi connectivity index (χ0n) is 10.4. The molecule has 2 heterocycles. The molecule has 88 valence electrons. The first-order chi connectivity index (χ1) is 7.31. The van der Waals surface area contributed by atoms with Crippen molar-refractivity contribution in [1.82, 2.24) is 9.80 Å². The molecule has 2 aliphatic rings. The molecule has 0 aromatic heterocycles.